The van der Waals surface area contributed by atoms with Crippen LogP contribution in [0.3, 0.4) is 0 Å². The molecule has 0 amide bonds. The molecule has 4 aliphatic heterocycles. The van der Waals surface area contributed by atoms with Crippen LogP contribution in [0.25, 0.3) is 0 Å². The number of methoxy groups -OCH3 is 1. The normalized spacial score (nSPS) is 48.1. The predicted octanol–water partition coefficient (Wildman–Crippen LogP) is -5.01. The zero-order valence-electron chi connectivity index (χ0n) is 27.4. The first kappa shape index (κ1) is 44.4. The molecule has 0 aromatic heterocycles. The first-order valence-electron chi connectivity index (χ1n) is 16.2. The van der Waals surface area contributed by atoms with E-state index in [0.29, 0.717) is 12.2 Å². The zero-order valence-corrected chi connectivity index (χ0v) is 31.0. The van der Waals surface area contributed by atoms with Gasteiger partial charge in [-0.15, -0.1) is 0 Å². The molecule has 19 nitrogen and oxygen atoms in total. The van der Waals surface area contributed by atoms with Gasteiger partial charge in [-0.1, -0.05) is 0 Å². The summed E-state index contributed by atoms with van der Waals surface area (Å²) in [7, 11) is 1.26. The second-order valence-electron chi connectivity index (χ2n) is 12.4. The van der Waals surface area contributed by atoms with Crippen LogP contribution in [-0.2, 0) is 47.7 Å². The van der Waals surface area contributed by atoms with E-state index in [1.165, 1.54) is 7.11 Å². The summed E-state index contributed by atoms with van der Waals surface area (Å²) in [6.07, 6.45) is -29.0. The van der Waals surface area contributed by atoms with Crippen LogP contribution in [0.5, 0.6) is 0 Å². The third kappa shape index (κ3) is 10.3. The maximum Gasteiger partial charge on any atom is 0.187 e. The van der Waals surface area contributed by atoms with E-state index >= 15 is 0 Å². The number of hydrogen-bond donors (Lipinski definition) is 13. The van der Waals surface area contributed by atoms with Crippen molar-refractivity contribution in [3.63, 3.8) is 0 Å². The van der Waals surface area contributed by atoms with Gasteiger partial charge in [-0.05, 0) is 12.2 Å². The Morgan fingerprint density at radius 3 is 1.49 bits per heavy atom. The minimum absolute atomic E-state index is 0.0321. The van der Waals surface area contributed by atoms with Gasteiger partial charge in [0, 0.05) is 24.4 Å². The summed E-state index contributed by atoms with van der Waals surface area (Å²) in [5, 5.41) is 95.6. The van der Waals surface area contributed by atoms with E-state index in [2.05, 4.69) is 50.5 Å². The van der Waals surface area contributed by atoms with Crippen molar-refractivity contribution in [3.05, 3.63) is 0 Å². The fourth-order valence-electron chi connectivity index (χ4n) is 5.97. The molecule has 0 bridgehead atoms. The average Bonchev–Trinajstić information content (AvgIpc) is 3.12. The van der Waals surface area contributed by atoms with Crippen LogP contribution < -0.4 is 0 Å². The molecule has 4 rings (SSSR count). The Labute approximate surface area is 315 Å². The maximum atomic E-state index is 11.2. The summed E-state index contributed by atoms with van der Waals surface area (Å²) in [5.41, 5.74) is 0. The van der Waals surface area contributed by atoms with E-state index < -0.39 is 129 Å². The van der Waals surface area contributed by atoms with Crippen LogP contribution in [-0.4, -0.2) is 212 Å². The summed E-state index contributed by atoms with van der Waals surface area (Å²) in [6, 6.07) is 0. The summed E-state index contributed by atoms with van der Waals surface area (Å²) < 4.78 is 45.5. The van der Waals surface area contributed by atoms with Gasteiger partial charge >= 0.3 is 0 Å². The van der Waals surface area contributed by atoms with Crippen molar-refractivity contribution < 1.29 is 93.6 Å². The fourth-order valence-corrected chi connectivity index (χ4v) is 7.00. The molecule has 0 aromatic carbocycles. The van der Waals surface area contributed by atoms with Crippen LogP contribution in [0.4, 0.5) is 0 Å². The van der Waals surface area contributed by atoms with E-state index in [1.807, 2.05) is 0 Å². The number of aliphatic hydroxyl groups is 9. The van der Waals surface area contributed by atoms with E-state index in [-0.39, 0.29) is 23.9 Å². The van der Waals surface area contributed by atoms with Gasteiger partial charge in [-0.2, -0.15) is 50.5 Å². The highest BCUT2D eigenvalue weighted by Gasteiger charge is 2.54. The molecule has 4 saturated heterocycles. The van der Waals surface area contributed by atoms with Crippen molar-refractivity contribution in [2.24, 2.45) is 0 Å². The Bertz CT molecular complexity index is 1030. The average molecular weight is 819 g/mol. The zero-order chi connectivity index (χ0) is 37.6. The molecule has 0 aromatic rings. The highest BCUT2D eigenvalue weighted by molar-refractivity contribution is 7.80. The smallest absolute Gasteiger partial charge is 0.187 e. The van der Waals surface area contributed by atoms with Crippen LogP contribution in [0, 0.1) is 0 Å². The second kappa shape index (κ2) is 20.7. The van der Waals surface area contributed by atoms with Crippen LogP contribution in [0.2, 0.25) is 0 Å². The number of hydrogen-bond acceptors (Lipinski definition) is 23. The topological polar surface area (TPSA) is 274 Å². The third-order valence-corrected chi connectivity index (χ3v) is 10.3. The van der Waals surface area contributed by atoms with Crippen LogP contribution in [0.15, 0.2) is 0 Å². The quantitative estimate of drug-likeness (QED) is 0.0301. The van der Waals surface area contributed by atoms with Gasteiger partial charge in [-0.3, -0.25) is 0 Å². The largest absolute Gasteiger partial charge is 0.388 e. The molecule has 4 aliphatic rings. The number of thiol groups is 4. The van der Waals surface area contributed by atoms with Crippen molar-refractivity contribution in [1.29, 1.82) is 0 Å². The van der Waals surface area contributed by atoms with Gasteiger partial charge in [0.15, 0.2) is 31.3 Å². The molecular formula is C28H50O19S4. The Kier molecular flexibility index (Phi) is 18.0. The predicted molar refractivity (Wildman–Crippen MR) is 182 cm³/mol. The Balaban J connectivity index is 1.53. The first-order chi connectivity index (χ1) is 24.3. The molecule has 0 radical (unpaired) electrons. The number of rotatable bonds is 16. The molecule has 20 unspecified atom stereocenters. The standard InChI is InChI=1S/C28H50O19S4/c1-38-25-21(37)24(23(12(8-51)44-25)46-28-19(35)16(32)14(30)11(7-50)43-28)47-40-5-9-22(17(33)20(36)26(41-9)39-3-2-4-48)45-27-18(34)15(31)13(29)10(6-49)42-27/h9-37,48-51H,2-8H2,1H3. The monoisotopic (exact) mass is 818 g/mol. The molecular weight excluding hydrogens is 769 g/mol. The highest BCUT2D eigenvalue weighted by Crippen LogP contribution is 2.33. The molecule has 4 heterocycles. The maximum absolute atomic E-state index is 11.2. The van der Waals surface area contributed by atoms with Gasteiger partial charge in [0.2, 0.25) is 0 Å². The Morgan fingerprint density at radius 2 is 0.980 bits per heavy atom. The molecule has 4 fully saturated rings. The highest BCUT2D eigenvalue weighted by atomic mass is 32.1. The van der Waals surface area contributed by atoms with Gasteiger partial charge in [0.25, 0.3) is 0 Å². The van der Waals surface area contributed by atoms with Crippen molar-refractivity contribution in [1.82, 2.24) is 0 Å². The van der Waals surface area contributed by atoms with E-state index in [1.54, 1.807) is 0 Å². The Hall–Kier alpha value is 0.640. The van der Waals surface area contributed by atoms with Crippen molar-refractivity contribution in [2.75, 3.05) is 43.3 Å². The fraction of sp³-hybridized carbons (Fsp3) is 1.00. The molecule has 300 valence electrons. The lowest BCUT2D eigenvalue weighted by atomic mass is 9.97. The number of ether oxygens (including phenoxy) is 8. The van der Waals surface area contributed by atoms with E-state index in [9.17, 15) is 46.0 Å². The van der Waals surface area contributed by atoms with Gasteiger partial charge in [0.05, 0.1) is 24.9 Å². The van der Waals surface area contributed by atoms with Crippen molar-refractivity contribution in [3.8, 4) is 0 Å². The number of aliphatic hydroxyl groups excluding tert-OH is 9. The van der Waals surface area contributed by atoms with E-state index in [4.69, 9.17) is 47.7 Å². The molecule has 23 heteroatoms. The molecule has 20 atom stereocenters. The molecule has 0 aliphatic carbocycles. The van der Waals surface area contributed by atoms with Crippen molar-refractivity contribution >= 4 is 50.5 Å². The third-order valence-electron chi connectivity index (χ3n) is 8.94. The first-order valence-corrected chi connectivity index (χ1v) is 18.8. The second-order valence-corrected chi connectivity index (χ2v) is 13.9. The van der Waals surface area contributed by atoms with E-state index in [0.717, 1.165) is 0 Å². The summed E-state index contributed by atoms with van der Waals surface area (Å²) >= 11 is 16.6. The van der Waals surface area contributed by atoms with Crippen molar-refractivity contribution in [2.45, 2.75) is 129 Å². The minimum atomic E-state index is -1.79. The van der Waals surface area contributed by atoms with Gasteiger partial charge in [-0.25, -0.2) is 9.78 Å². The van der Waals surface area contributed by atoms with Crippen LogP contribution in [0.1, 0.15) is 6.42 Å². The van der Waals surface area contributed by atoms with Crippen LogP contribution >= 0.6 is 50.5 Å². The minimum Gasteiger partial charge on any atom is -0.388 e. The Morgan fingerprint density at radius 1 is 0.490 bits per heavy atom. The van der Waals surface area contributed by atoms with Gasteiger partial charge < -0.3 is 83.9 Å². The van der Waals surface area contributed by atoms with Gasteiger partial charge in [0.1, 0.15) is 79.9 Å². The molecule has 51 heavy (non-hydrogen) atoms. The molecule has 9 N–H and O–H groups in total. The SMILES string of the molecule is COC1OC(CS)C(OC2OC(CS)C(O)C(O)C2O)C(OOCC2OC(OCCCS)C(O)C(O)C2OC2OC(CS)C(O)C(O)C2O)C1O. The lowest BCUT2D eigenvalue weighted by Gasteiger charge is -2.47. The summed E-state index contributed by atoms with van der Waals surface area (Å²) in [6.45, 7) is -0.503. The lowest BCUT2D eigenvalue weighted by Crippen LogP contribution is -2.65. The molecule has 0 saturated carbocycles. The summed E-state index contributed by atoms with van der Waals surface area (Å²) in [5.74, 6) is 0.319. The molecule has 0 spiro atoms. The lowest BCUT2D eigenvalue weighted by molar-refractivity contribution is -0.425. The summed E-state index contributed by atoms with van der Waals surface area (Å²) in [4.78, 5) is 11.2.